The van der Waals surface area contributed by atoms with E-state index in [1.54, 1.807) is 17.3 Å². The number of nitrogens with zero attached hydrogens (tertiary/aromatic N) is 4. The summed E-state index contributed by atoms with van der Waals surface area (Å²) >= 11 is 5.90. The number of halogens is 2. The Morgan fingerprint density at radius 1 is 1.26 bits per heavy atom. The maximum Gasteiger partial charge on any atom is 0.226 e. The van der Waals surface area contributed by atoms with Gasteiger partial charge in [-0.05, 0) is 75.5 Å². The SMILES string of the molecule is C=C/C(=C\C(F)=C\CC(=O)N1CC(CNCCCC[C@H](O)CO)C1)OCCCCC1(C)CCN(c2ncc(Cl)cn2)CC1. The number of aromatic nitrogens is 2. The number of amides is 1. The summed E-state index contributed by atoms with van der Waals surface area (Å²) in [4.78, 5) is 25.0. The van der Waals surface area contributed by atoms with E-state index in [4.69, 9.17) is 21.4 Å². The van der Waals surface area contributed by atoms with Gasteiger partial charge in [0.25, 0.3) is 0 Å². The van der Waals surface area contributed by atoms with Crippen molar-refractivity contribution in [2.75, 3.05) is 57.4 Å². The highest BCUT2D eigenvalue weighted by Crippen LogP contribution is 2.36. The number of nitrogens with one attached hydrogen (secondary N) is 1. The van der Waals surface area contributed by atoms with Gasteiger partial charge in [-0.15, -0.1) is 0 Å². The largest absolute Gasteiger partial charge is 0.494 e. The molecule has 3 N–H and O–H groups in total. The molecule has 1 atom stereocenters. The van der Waals surface area contributed by atoms with Crippen LogP contribution < -0.4 is 10.2 Å². The van der Waals surface area contributed by atoms with Gasteiger partial charge in [-0.1, -0.05) is 25.1 Å². The summed E-state index contributed by atoms with van der Waals surface area (Å²) in [6.45, 7) is 11.2. The summed E-state index contributed by atoms with van der Waals surface area (Å²) in [5, 5.41) is 22.1. The molecule has 3 rings (SSSR count). The van der Waals surface area contributed by atoms with Crippen LogP contribution in [0.5, 0.6) is 0 Å². The molecule has 2 saturated heterocycles. The molecule has 43 heavy (non-hydrogen) atoms. The molecule has 0 radical (unpaired) electrons. The van der Waals surface area contributed by atoms with Gasteiger partial charge in [-0.2, -0.15) is 0 Å². The van der Waals surface area contributed by atoms with Crippen LogP contribution in [0.3, 0.4) is 0 Å². The molecule has 1 aromatic heterocycles. The zero-order valence-corrected chi connectivity index (χ0v) is 26.3. The van der Waals surface area contributed by atoms with Gasteiger partial charge in [0.2, 0.25) is 11.9 Å². The molecule has 11 heteroatoms. The van der Waals surface area contributed by atoms with Gasteiger partial charge in [-0.3, -0.25) is 4.79 Å². The van der Waals surface area contributed by atoms with Crippen molar-refractivity contribution in [2.45, 2.75) is 70.8 Å². The van der Waals surface area contributed by atoms with Crippen LogP contribution in [0.1, 0.15) is 64.7 Å². The number of allylic oxidation sites excluding steroid dienone is 3. The van der Waals surface area contributed by atoms with E-state index in [1.165, 1.54) is 18.2 Å². The highest BCUT2D eigenvalue weighted by Gasteiger charge is 2.31. The molecule has 2 aliphatic rings. The first-order chi connectivity index (χ1) is 20.7. The van der Waals surface area contributed by atoms with Gasteiger partial charge in [0.05, 0.1) is 36.7 Å². The van der Waals surface area contributed by atoms with Crippen LogP contribution in [-0.2, 0) is 9.53 Å². The molecule has 0 spiro atoms. The number of piperidine rings is 1. The van der Waals surface area contributed by atoms with Gasteiger partial charge in [0.1, 0.15) is 11.6 Å². The second kappa shape index (κ2) is 18.3. The monoisotopic (exact) mass is 621 g/mol. The second-order valence-corrected chi connectivity index (χ2v) is 12.5. The Balaban J connectivity index is 1.25. The first-order valence-corrected chi connectivity index (χ1v) is 15.9. The third-order valence-corrected chi connectivity index (χ3v) is 8.55. The second-order valence-electron chi connectivity index (χ2n) is 12.0. The van der Waals surface area contributed by atoms with E-state index in [1.807, 2.05) is 0 Å². The summed E-state index contributed by atoms with van der Waals surface area (Å²) < 4.78 is 20.2. The van der Waals surface area contributed by atoms with Crippen LogP contribution in [-0.4, -0.2) is 89.6 Å². The van der Waals surface area contributed by atoms with Gasteiger partial charge in [0.15, 0.2) is 0 Å². The lowest BCUT2D eigenvalue weighted by molar-refractivity contribution is -0.136. The van der Waals surface area contributed by atoms with Crippen molar-refractivity contribution >= 4 is 23.5 Å². The van der Waals surface area contributed by atoms with Crippen LogP contribution in [0, 0.1) is 11.3 Å². The van der Waals surface area contributed by atoms with E-state index < -0.39 is 11.9 Å². The summed E-state index contributed by atoms with van der Waals surface area (Å²) in [7, 11) is 0. The molecule has 0 aromatic carbocycles. The van der Waals surface area contributed by atoms with Crippen molar-refractivity contribution in [1.82, 2.24) is 20.2 Å². The third kappa shape index (κ3) is 12.5. The highest BCUT2D eigenvalue weighted by atomic mass is 35.5. The molecular formula is C32H49ClFN5O4. The van der Waals surface area contributed by atoms with E-state index in [0.29, 0.717) is 42.8 Å². The highest BCUT2D eigenvalue weighted by molar-refractivity contribution is 6.30. The number of ether oxygens (including phenoxy) is 1. The molecule has 2 aliphatic heterocycles. The molecular weight excluding hydrogens is 573 g/mol. The maximum atomic E-state index is 14.5. The van der Waals surface area contributed by atoms with Crippen molar-refractivity contribution in [3.63, 3.8) is 0 Å². The summed E-state index contributed by atoms with van der Waals surface area (Å²) in [6.07, 6.45) is 14.2. The predicted octanol–water partition coefficient (Wildman–Crippen LogP) is 4.81. The predicted molar refractivity (Wildman–Crippen MR) is 168 cm³/mol. The van der Waals surface area contributed by atoms with Gasteiger partial charge in [0, 0.05) is 51.1 Å². The zero-order chi connectivity index (χ0) is 31.1. The molecule has 0 saturated carbocycles. The number of carbonyl (C=O) groups excluding carboxylic acids is 1. The molecule has 3 heterocycles. The minimum atomic E-state index is -0.631. The fraction of sp³-hybridized carbons (Fsp3) is 0.656. The van der Waals surface area contributed by atoms with E-state index in [9.17, 15) is 14.3 Å². The number of likely N-dealkylation sites (tertiary alicyclic amines) is 1. The average molecular weight is 622 g/mol. The maximum absolute atomic E-state index is 14.5. The number of unbranched alkanes of at least 4 members (excludes halogenated alkanes) is 2. The third-order valence-electron chi connectivity index (χ3n) is 8.35. The molecule has 1 amide bonds. The smallest absolute Gasteiger partial charge is 0.226 e. The Labute approximate surface area is 260 Å². The minimum Gasteiger partial charge on any atom is -0.494 e. The summed E-state index contributed by atoms with van der Waals surface area (Å²) in [5.41, 5.74) is 0.264. The van der Waals surface area contributed by atoms with Crippen molar-refractivity contribution in [2.24, 2.45) is 11.3 Å². The molecule has 1 aromatic rings. The average Bonchev–Trinajstić information content (AvgIpc) is 2.98. The van der Waals surface area contributed by atoms with E-state index in [0.717, 1.165) is 77.1 Å². The number of rotatable bonds is 19. The van der Waals surface area contributed by atoms with Crippen LogP contribution in [0.4, 0.5) is 10.3 Å². The fourth-order valence-electron chi connectivity index (χ4n) is 5.41. The van der Waals surface area contributed by atoms with Gasteiger partial charge >= 0.3 is 0 Å². The lowest BCUT2D eigenvalue weighted by atomic mass is 9.76. The normalized spacial score (nSPS) is 18.3. The van der Waals surface area contributed by atoms with E-state index in [-0.39, 0.29) is 24.3 Å². The van der Waals surface area contributed by atoms with Gasteiger partial charge in [-0.25, -0.2) is 14.4 Å². The molecule has 2 fully saturated rings. The Bertz CT molecular complexity index is 1060. The quantitative estimate of drug-likeness (QED) is 0.115. The zero-order valence-electron chi connectivity index (χ0n) is 25.5. The minimum absolute atomic E-state index is 0.0141. The summed E-state index contributed by atoms with van der Waals surface area (Å²) in [5.74, 6) is 0.912. The Morgan fingerprint density at radius 2 is 1.98 bits per heavy atom. The standard InChI is InChI=1S/C32H49ClFN5O4/c1-3-29(43-17-7-5-11-32(2)12-15-38(16-13-32)31-36-20-26(33)21-37-31)18-27(34)9-10-30(42)39-22-25(23-39)19-35-14-6-4-8-28(41)24-40/h3,9,18,20-21,25,28,35,40-41H,1,4-8,10-17,19,22-24H2,2H3/b27-9-,29-18+/t28-/m0/s1. The Hall–Kier alpha value is -2.53. The molecule has 0 aliphatic carbocycles. The van der Waals surface area contributed by atoms with Crippen molar-refractivity contribution in [3.05, 3.63) is 53.8 Å². The number of hydrogen-bond donors (Lipinski definition) is 3. The van der Waals surface area contributed by atoms with Crippen LogP contribution in [0.15, 0.2) is 48.8 Å². The summed E-state index contributed by atoms with van der Waals surface area (Å²) in [6, 6.07) is 0. The first-order valence-electron chi connectivity index (χ1n) is 15.5. The van der Waals surface area contributed by atoms with Crippen LogP contribution in [0.25, 0.3) is 0 Å². The molecule has 9 nitrogen and oxygen atoms in total. The Morgan fingerprint density at radius 3 is 2.65 bits per heavy atom. The van der Waals surface area contributed by atoms with E-state index >= 15 is 0 Å². The topological polar surface area (TPSA) is 111 Å². The number of anilines is 1. The Kier molecular flexibility index (Phi) is 14.9. The molecule has 0 bridgehead atoms. The van der Waals surface area contributed by atoms with Crippen LogP contribution in [0.2, 0.25) is 5.02 Å². The van der Waals surface area contributed by atoms with Crippen molar-refractivity contribution < 1.29 is 24.1 Å². The van der Waals surface area contributed by atoms with Crippen molar-refractivity contribution in [3.8, 4) is 0 Å². The van der Waals surface area contributed by atoms with Crippen LogP contribution >= 0.6 is 11.6 Å². The first kappa shape index (κ1) is 35.0. The lowest BCUT2D eigenvalue weighted by Gasteiger charge is -2.39. The van der Waals surface area contributed by atoms with E-state index in [2.05, 4.69) is 33.7 Å². The number of carbonyl (C=O) groups is 1. The van der Waals surface area contributed by atoms with Crippen molar-refractivity contribution in [1.29, 1.82) is 0 Å². The number of hydrogen-bond acceptors (Lipinski definition) is 8. The molecule has 240 valence electrons. The molecule has 0 unspecified atom stereocenters. The number of aliphatic hydroxyl groups is 2. The lowest BCUT2D eigenvalue weighted by Crippen LogP contribution is -2.53. The fourth-order valence-corrected chi connectivity index (χ4v) is 5.51. The number of aliphatic hydroxyl groups excluding tert-OH is 2. The van der Waals surface area contributed by atoms with Gasteiger partial charge < -0.3 is 30.1 Å².